The summed E-state index contributed by atoms with van der Waals surface area (Å²) in [6.07, 6.45) is 8.64. The fraction of sp³-hybridized carbons (Fsp3) is 0.667. The molecule has 0 bridgehead atoms. The molecule has 0 aliphatic rings. The standard InChI is InChI=1S/C21H33ClO3/c1-5-7-8-9-10-11-12-18-15(3)17(13-14-22)16(4)19(20(18)23)21(24)25-6-2/h23H,5-14H2,1-4H3. The number of carbonyl (C=O) groups is 1. The SMILES string of the molecule is CCCCCCCCc1c(C)c(CCCl)c(C)c(C(=O)OCC)c1O. The summed E-state index contributed by atoms with van der Waals surface area (Å²) in [6.45, 7) is 8.17. The minimum atomic E-state index is -0.447. The molecule has 0 saturated carbocycles. The van der Waals surface area contributed by atoms with Crippen molar-refractivity contribution in [3.8, 4) is 5.75 Å². The van der Waals surface area contributed by atoms with E-state index in [9.17, 15) is 9.90 Å². The van der Waals surface area contributed by atoms with Crippen molar-refractivity contribution in [3.63, 3.8) is 0 Å². The third-order valence-corrected chi connectivity index (χ3v) is 5.05. The Hall–Kier alpha value is -1.22. The minimum Gasteiger partial charge on any atom is -0.507 e. The number of aromatic hydroxyl groups is 1. The van der Waals surface area contributed by atoms with E-state index in [1.807, 2.05) is 13.8 Å². The van der Waals surface area contributed by atoms with Crippen LogP contribution >= 0.6 is 11.6 Å². The molecule has 0 aromatic heterocycles. The number of rotatable bonds is 11. The number of alkyl halides is 1. The summed E-state index contributed by atoms with van der Waals surface area (Å²) in [5, 5.41) is 10.7. The van der Waals surface area contributed by atoms with Gasteiger partial charge in [-0.3, -0.25) is 0 Å². The van der Waals surface area contributed by atoms with Gasteiger partial charge in [-0.1, -0.05) is 39.0 Å². The third-order valence-electron chi connectivity index (χ3n) is 4.86. The van der Waals surface area contributed by atoms with Crippen molar-refractivity contribution < 1.29 is 14.6 Å². The second-order valence-electron chi connectivity index (χ2n) is 6.61. The molecule has 0 aliphatic heterocycles. The predicted molar refractivity (Wildman–Crippen MR) is 105 cm³/mol. The van der Waals surface area contributed by atoms with Crippen molar-refractivity contribution >= 4 is 17.6 Å². The topological polar surface area (TPSA) is 46.5 Å². The minimum absolute atomic E-state index is 0.0975. The van der Waals surface area contributed by atoms with Gasteiger partial charge in [0.2, 0.25) is 0 Å². The first kappa shape index (κ1) is 21.8. The fourth-order valence-corrected chi connectivity index (χ4v) is 3.62. The first-order valence-electron chi connectivity index (χ1n) is 9.56. The average Bonchev–Trinajstić information content (AvgIpc) is 2.57. The second kappa shape index (κ2) is 11.4. The van der Waals surface area contributed by atoms with E-state index in [-0.39, 0.29) is 5.75 Å². The van der Waals surface area contributed by atoms with Crippen LogP contribution in [0.3, 0.4) is 0 Å². The van der Waals surface area contributed by atoms with Gasteiger partial charge in [0.15, 0.2) is 0 Å². The maximum absolute atomic E-state index is 12.3. The summed E-state index contributed by atoms with van der Waals surface area (Å²) in [5.41, 5.74) is 4.12. The highest BCUT2D eigenvalue weighted by atomic mass is 35.5. The molecular weight excluding hydrogens is 336 g/mol. The molecule has 142 valence electrons. The molecule has 0 amide bonds. The third kappa shape index (κ3) is 5.91. The Labute approximate surface area is 157 Å². The van der Waals surface area contributed by atoms with Crippen LogP contribution < -0.4 is 0 Å². The number of carbonyl (C=O) groups excluding carboxylic acids is 1. The van der Waals surface area contributed by atoms with Crippen molar-refractivity contribution in [2.24, 2.45) is 0 Å². The molecule has 4 heteroatoms. The molecule has 3 nitrogen and oxygen atoms in total. The molecule has 0 aliphatic carbocycles. The van der Waals surface area contributed by atoms with Crippen LogP contribution in [0, 0.1) is 13.8 Å². The van der Waals surface area contributed by atoms with Crippen molar-refractivity contribution in [1.29, 1.82) is 0 Å². The number of halogens is 1. The Morgan fingerprint density at radius 1 is 0.960 bits per heavy atom. The van der Waals surface area contributed by atoms with Crippen molar-refractivity contribution in [3.05, 3.63) is 27.8 Å². The van der Waals surface area contributed by atoms with Gasteiger partial charge in [-0.2, -0.15) is 0 Å². The summed E-state index contributed by atoms with van der Waals surface area (Å²) in [4.78, 5) is 12.3. The lowest BCUT2D eigenvalue weighted by molar-refractivity contribution is 0.0522. The van der Waals surface area contributed by atoms with Gasteiger partial charge in [-0.25, -0.2) is 4.79 Å². The molecule has 0 saturated heterocycles. The summed E-state index contributed by atoms with van der Waals surface area (Å²) in [7, 11) is 0. The summed E-state index contributed by atoms with van der Waals surface area (Å²) >= 11 is 5.96. The molecule has 1 N–H and O–H groups in total. The first-order valence-corrected chi connectivity index (χ1v) is 10.1. The van der Waals surface area contributed by atoms with E-state index < -0.39 is 5.97 Å². The zero-order valence-corrected chi connectivity index (χ0v) is 17.0. The summed E-state index contributed by atoms with van der Waals surface area (Å²) < 4.78 is 5.16. The van der Waals surface area contributed by atoms with E-state index in [1.54, 1.807) is 6.92 Å². The smallest absolute Gasteiger partial charge is 0.342 e. The van der Waals surface area contributed by atoms with E-state index in [4.69, 9.17) is 16.3 Å². The van der Waals surface area contributed by atoms with Crippen molar-refractivity contribution in [1.82, 2.24) is 0 Å². The zero-order valence-electron chi connectivity index (χ0n) is 16.2. The highest BCUT2D eigenvalue weighted by molar-refractivity contribution is 6.18. The van der Waals surface area contributed by atoms with Crippen molar-refractivity contribution in [2.45, 2.75) is 79.1 Å². The molecule has 0 radical (unpaired) electrons. The zero-order chi connectivity index (χ0) is 18.8. The second-order valence-corrected chi connectivity index (χ2v) is 6.99. The van der Waals surface area contributed by atoms with Crippen LogP contribution in [0.5, 0.6) is 5.75 Å². The van der Waals surface area contributed by atoms with Gasteiger partial charge in [0, 0.05) is 5.88 Å². The van der Waals surface area contributed by atoms with Gasteiger partial charge in [0.25, 0.3) is 0 Å². The molecular formula is C21H33ClO3. The van der Waals surface area contributed by atoms with Gasteiger partial charge in [-0.05, 0) is 62.3 Å². The lowest BCUT2D eigenvalue weighted by atomic mass is 9.88. The Bertz CT molecular complexity index is 567. The Balaban J connectivity index is 3.07. The molecule has 25 heavy (non-hydrogen) atoms. The fourth-order valence-electron chi connectivity index (χ4n) is 3.43. The lowest BCUT2D eigenvalue weighted by Gasteiger charge is -2.20. The normalized spacial score (nSPS) is 10.9. The van der Waals surface area contributed by atoms with Crippen LogP contribution in [-0.2, 0) is 17.6 Å². The molecule has 0 heterocycles. The van der Waals surface area contributed by atoms with Gasteiger partial charge < -0.3 is 9.84 Å². The van der Waals surface area contributed by atoms with Crippen LogP contribution in [0.4, 0.5) is 0 Å². The quantitative estimate of drug-likeness (QED) is 0.302. The van der Waals surface area contributed by atoms with Crippen LogP contribution in [0.15, 0.2) is 0 Å². The van der Waals surface area contributed by atoms with Gasteiger partial charge in [-0.15, -0.1) is 11.6 Å². The highest BCUT2D eigenvalue weighted by Crippen LogP contribution is 2.35. The molecule has 1 aromatic carbocycles. The molecule has 0 atom stereocenters. The Morgan fingerprint density at radius 2 is 1.60 bits per heavy atom. The number of hydrogen-bond acceptors (Lipinski definition) is 3. The number of esters is 1. The van der Waals surface area contributed by atoms with Crippen molar-refractivity contribution in [2.75, 3.05) is 12.5 Å². The molecule has 1 rings (SSSR count). The van der Waals surface area contributed by atoms with E-state index in [0.29, 0.717) is 24.5 Å². The number of benzene rings is 1. The number of phenols is 1. The van der Waals surface area contributed by atoms with E-state index in [0.717, 1.165) is 41.5 Å². The van der Waals surface area contributed by atoms with Crippen LogP contribution in [0.25, 0.3) is 0 Å². The average molecular weight is 369 g/mol. The van der Waals surface area contributed by atoms with Crippen LogP contribution in [0.2, 0.25) is 0 Å². The number of ether oxygens (including phenoxy) is 1. The lowest BCUT2D eigenvalue weighted by Crippen LogP contribution is -2.12. The molecule has 0 unspecified atom stereocenters. The number of hydrogen-bond donors (Lipinski definition) is 1. The number of phenolic OH excluding ortho intramolecular Hbond substituents is 1. The largest absolute Gasteiger partial charge is 0.507 e. The Kier molecular flexibility index (Phi) is 9.96. The number of unbranched alkanes of at least 4 members (excludes halogenated alkanes) is 5. The van der Waals surface area contributed by atoms with Gasteiger partial charge >= 0.3 is 5.97 Å². The van der Waals surface area contributed by atoms with Crippen LogP contribution in [-0.4, -0.2) is 23.6 Å². The molecule has 0 fully saturated rings. The Morgan fingerprint density at radius 3 is 2.20 bits per heavy atom. The maximum atomic E-state index is 12.3. The van der Waals surface area contributed by atoms with Gasteiger partial charge in [0.05, 0.1) is 6.61 Å². The van der Waals surface area contributed by atoms with Gasteiger partial charge in [0.1, 0.15) is 11.3 Å². The van der Waals surface area contributed by atoms with Crippen LogP contribution in [0.1, 0.15) is 85.0 Å². The maximum Gasteiger partial charge on any atom is 0.342 e. The summed E-state index contributed by atoms with van der Waals surface area (Å²) in [5.74, 6) is 0.142. The molecule has 1 aromatic rings. The summed E-state index contributed by atoms with van der Waals surface area (Å²) in [6, 6.07) is 0. The van der Waals surface area contributed by atoms with E-state index in [1.165, 1.54) is 25.7 Å². The predicted octanol–water partition coefficient (Wildman–Crippen LogP) is 5.87. The molecule has 0 spiro atoms. The highest BCUT2D eigenvalue weighted by Gasteiger charge is 2.24. The first-order chi connectivity index (χ1) is 12.0. The monoisotopic (exact) mass is 368 g/mol. The van der Waals surface area contributed by atoms with E-state index in [2.05, 4.69) is 6.92 Å². The van der Waals surface area contributed by atoms with E-state index >= 15 is 0 Å².